The molecule has 0 aromatic carbocycles. The second kappa shape index (κ2) is 6.73. The maximum atomic E-state index is 11.1. The first kappa shape index (κ1) is 16.7. The van der Waals surface area contributed by atoms with Crippen molar-refractivity contribution in [3.8, 4) is 6.07 Å². The lowest BCUT2D eigenvalue weighted by Crippen LogP contribution is -2.52. The fourth-order valence-electron chi connectivity index (χ4n) is 3.19. The van der Waals surface area contributed by atoms with Gasteiger partial charge >= 0.3 is 5.97 Å². The van der Waals surface area contributed by atoms with E-state index in [-0.39, 0.29) is 12.6 Å². The molecule has 1 aromatic rings. The molecule has 7 heteroatoms. The second-order valence-corrected chi connectivity index (χ2v) is 6.98. The number of nitriles is 1. The van der Waals surface area contributed by atoms with Gasteiger partial charge in [-0.15, -0.1) is 5.10 Å². The highest BCUT2D eigenvalue weighted by Crippen LogP contribution is 2.34. The van der Waals surface area contributed by atoms with Crippen molar-refractivity contribution >= 4 is 11.8 Å². The summed E-state index contributed by atoms with van der Waals surface area (Å²) in [6.07, 6.45) is 4.18. The fourth-order valence-corrected chi connectivity index (χ4v) is 3.19. The molecule has 0 spiro atoms. The number of nitrogens with one attached hydrogen (secondary N) is 1. The molecule has 0 atom stereocenters. The molecule has 24 heavy (non-hydrogen) atoms. The molecule has 128 valence electrons. The Morgan fingerprint density at radius 3 is 2.67 bits per heavy atom. The smallest absolute Gasteiger partial charge is 0.317 e. The third-order valence-electron chi connectivity index (χ3n) is 5.06. The number of aryl methyl sites for hydroxylation is 1. The molecular formula is C17H23N5O2. The van der Waals surface area contributed by atoms with Crippen molar-refractivity contribution in [1.29, 1.82) is 5.26 Å². The van der Waals surface area contributed by atoms with E-state index >= 15 is 0 Å². The Morgan fingerprint density at radius 2 is 2.08 bits per heavy atom. The largest absolute Gasteiger partial charge is 0.480 e. The lowest BCUT2D eigenvalue weighted by Gasteiger charge is -2.43. The van der Waals surface area contributed by atoms with Crippen molar-refractivity contribution in [2.24, 2.45) is 5.92 Å². The highest BCUT2D eigenvalue weighted by atomic mass is 16.4. The van der Waals surface area contributed by atoms with Crippen LogP contribution in [0.15, 0.2) is 0 Å². The van der Waals surface area contributed by atoms with Gasteiger partial charge in [0.15, 0.2) is 5.82 Å². The second-order valence-electron chi connectivity index (χ2n) is 6.98. The van der Waals surface area contributed by atoms with Crippen molar-refractivity contribution in [3.05, 3.63) is 16.8 Å². The van der Waals surface area contributed by atoms with Crippen LogP contribution < -0.4 is 5.32 Å². The van der Waals surface area contributed by atoms with Crippen molar-refractivity contribution in [2.75, 3.05) is 18.4 Å². The normalized spacial score (nSPS) is 22.8. The van der Waals surface area contributed by atoms with Gasteiger partial charge in [0.25, 0.3) is 0 Å². The summed E-state index contributed by atoms with van der Waals surface area (Å²) < 4.78 is 0. The van der Waals surface area contributed by atoms with Crippen molar-refractivity contribution in [2.45, 2.75) is 51.6 Å². The first-order valence-electron chi connectivity index (χ1n) is 8.44. The van der Waals surface area contributed by atoms with Gasteiger partial charge in [-0.3, -0.25) is 9.69 Å². The molecule has 3 rings (SSSR count). The summed E-state index contributed by atoms with van der Waals surface area (Å²) in [6, 6.07) is 2.71. The van der Waals surface area contributed by atoms with Crippen LogP contribution in [-0.2, 0) is 4.79 Å². The van der Waals surface area contributed by atoms with E-state index in [1.807, 2.05) is 13.8 Å². The lowest BCUT2D eigenvalue weighted by atomic mass is 9.85. The average molecular weight is 329 g/mol. The predicted molar refractivity (Wildman–Crippen MR) is 88.6 cm³/mol. The zero-order chi connectivity index (χ0) is 17.3. The summed E-state index contributed by atoms with van der Waals surface area (Å²) in [5.41, 5.74) is 2.17. The number of carboxylic acid groups (broad SMARTS) is 1. The number of aromatic nitrogens is 2. The Kier molecular flexibility index (Phi) is 4.67. The molecule has 7 nitrogen and oxygen atoms in total. The van der Waals surface area contributed by atoms with Crippen LogP contribution in [0.3, 0.4) is 0 Å². The maximum Gasteiger partial charge on any atom is 0.317 e. The highest BCUT2D eigenvalue weighted by molar-refractivity contribution is 5.69. The number of carboxylic acids is 1. The minimum atomic E-state index is -0.765. The van der Waals surface area contributed by atoms with Crippen LogP contribution in [0.2, 0.25) is 0 Å². The predicted octanol–water partition coefficient (Wildman–Crippen LogP) is 1.70. The number of rotatable bonds is 7. The number of hydrogen-bond donors (Lipinski definition) is 2. The number of anilines is 1. The van der Waals surface area contributed by atoms with Gasteiger partial charge in [0.05, 0.1) is 12.2 Å². The zero-order valence-electron chi connectivity index (χ0n) is 14.1. The van der Waals surface area contributed by atoms with E-state index in [1.54, 1.807) is 0 Å². The van der Waals surface area contributed by atoms with Crippen molar-refractivity contribution in [3.63, 3.8) is 0 Å². The van der Waals surface area contributed by atoms with E-state index in [1.165, 1.54) is 12.8 Å². The van der Waals surface area contributed by atoms with Gasteiger partial charge in [-0.25, -0.2) is 0 Å². The summed E-state index contributed by atoms with van der Waals surface area (Å²) in [6.45, 7) is 4.72. The van der Waals surface area contributed by atoms with Crippen LogP contribution in [0.4, 0.5) is 5.82 Å². The third-order valence-corrected chi connectivity index (χ3v) is 5.06. The molecule has 2 fully saturated rings. The van der Waals surface area contributed by atoms with Crippen LogP contribution >= 0.6 is 0 Å². The number of carbonyl (C=O) groups is 1. The molecule has 1 aromatic heterocycles. The third kappa shape index (κ3) is 3.65. The summed E-state index contributed by atoms with van der Waals surface area (Å²) in [5.74, 6) is 0.446. The molecule has 2 aliphatic carbocycles. The molecule has 0 aliphatic heterocycles. The maximum absolute atomic E-state index is 11.1. The summed E-state index contributed by atoms with van der Waals surface area (Å²) in [4.78, 5) is 13.2. The van der Waals surface area contributed by atoms with Gasteiger partial charge in [0.2, 0.25) is 0 Å². The van der Waals surface area contributed by atoms with Gasteiger partial charge in [-0.1, -0.05) is 0 Å². The Morgan fingerprint density at radius 1 is 1.38 bits per heavy atom. The molecule has 0 radical (unpaired) electrons. The van der Waals surface area contributed by atoms with E-state index in [4.69, 9.17) is 5.11 Å². The van der Waals surface area contributed by atoms with E-state index < -0.39 is 5.97 Å². The monoisotopic (exact) mass is 329 g/mol. The van der Waals surface area contributed by atoms with E-state index in [0.717, 1.165) is 30.6 Å². The van der Waals surface area contributed by atoms with Crippen LogP contribution in [0, 0.1) is 31.1 Å². The van der Waals surface area contributed by atoms with Crippen LogP contribution in [0.5, 0.6) is 0 Å². The summed E-state index contributed by atoms with van der Waals surface area (Å²) >= 11 is 0. The highest BCUT2D eigenvalue weighted by Gasteiger charge is 2.37. The molecule has 1 heterocycles. The number of aliphatic carboxylic acids is 1. The lowest BCUT2D eigenvalue weighted by molar-refractivity contribution is -0.139. The molecule has 0 bridgehead atoms. The Hall–Kier alpha value is -2.20. The summed E-state index contributed by atoms with van der Waals surface area (Å²) in [7, 11) is 0. The van der Waals surface area contributed by atoms with Gasteiger partial charge in [0, 0.05) is 18.6 Å². The van der Waals surface area contributed by atoms with Crippen LogP contribution in [0.1, 0.15) is 42.5 Å². The minimum Gasteiger partial charge on any atom is -0.480 e. The average Bonchev–Trinajstić information content (AvgIpc) is 3.29. The molecule has 2 aliphatic rings. The first-order valence-corrected chi connectivity index (χ1v) is 8.44. The van der Waals surface area contributed by atoms with E-state index in [2.05, 4.69) is 26.5 Å². The standard InChI is InChI=1S/C17H23N5O2/c1-10-11(2)20-21-17(15(10)7-18)19-13-5-14(6-13)22(9-16(23)24)8-12-3-4-12/h12-14H,3-6,8-9H2,1-2H3,(H,19,21)(H,23,24). The Labute approximate surface area is 141 Å². The van der Waals surface area contributed by atoms with Gasteiger partial charge in [-0.2, -0.15) is 10.4 Å². The van der Waals surface area contributed by atoms with Gasteiger partial charge < -0.3 is 10.4 Å². The van der Waals surface area contributed by atoms with E-state index in [9.17, 15) is 10.1 Å². The van der Waals surface area contributed by atoms with Crippen LogP contribution in [0.25, 0.3) is 0 Å². The van der Waals surface area contributed by atoms with Crippen molar-refractivity contribution < 1.29 is 9.90 Å². The SMILES string of the molecule is Cc1nnc(NC2CC(N(CC(=O)O)CC3CC3)C2)c(C#N)c1C. The van der Waals surface area contributed by atoms with Gasteiger partial charge in [0.1, 0.15) is 11.6 Å². The minimum absolute atomic E-state index is 0.112. The quantitative estimate of drug-likeness (QED) is 0.785. The first-order chi connectivity index (χ1) is 11.5. The van der Waals surface area contributed by atoms with E-state index in [0.29, 0.717) is 23.3 Å². The summed E-state index contributed by atoms with van der Waals surface area (Å²) in [5, 5.41) is 29.9. The molecular weight excluding hydrogens is 306 g/mol. The zero-order valence-corrected chi connectivity index (χ0v) is 14.1. The molecule has 0 amide bonds. The molecule has 2 N–H and O–H groups in total. The number of hydrogen-bond acceptors (Lipinski definition) is 6. The number of nitrogens with zero attached hydrogens (tertiary/aromatic N) is 4. The van der Waals surface area contributed by atoms with Gasteiger partial charge in [-0.05, 0) is 51.0 Å². The Bertz CT molecular complexity index is 674. The van der Waals surface area contributed by atoms with Crippen LogP contribution in [-0.4, -0.2) is 51.3 Å². The molecule has 0 unspecified atom stereocenters. The topological polar surface area (TPSA) is 102 Å². The molecule has 2 saturated carbocycles. The molecule has 0 saturated heterocycles. The Balaban J connectivity index is 1.59. The fraction of sp³-hybridized carbons (Fsp3) is 0.647. The van der Waals surface area contributed by atoms with Crippen molar-refractivity contribution in [1.82, 2.24) is 15.1 Å².